The fourth-order valence-electron chi connectivity index (χ4n) is 1.95. The Balaban J connectivity index is 2.29. The van der Waals surface area contributed by atoms with Gasteiger partial charge in [-0.1, -0.05) is 0 Å². The van der Waals surface area contributed by atoms with Crippen LogP contribution in [0.3, 0.4) is 0 Å². The van der Waals surface area contributed by atoms with Crippen LogP contribution < -0.4 is 9.47 Å². The Morgan fingerprint density at radius 1 is 1.18 bits per heavy atom. The van der Waals surface area contributed by atoms with Crippen molar-refractivity contribution in [1.29, 1.82) is 0 Å². The van der Waals surface area contributed by atoms with Crippen LogP contribution in [0.15, 0.2) is 39.3 Å². The number of phenols is 1. The monoisotopic (exact) mass is 428 g/mol. The maximum absolute atomic E-state index is 11.2. The maximum Gasteiger partial charge on any atom is 0.161 e. The number of carbonyl (C=O) groups excluding carboxylic acids is 1. The molecule has 0 aliphatic rings. The van der Waals surface area contributed by atoms with Crippen molar-refractivity contribution in [3.05, 3.63) is 44.8 Å². The zero-order valence-electron chi connectivity index (χ0n) is 12.0. The summed E-state index contributed by atoms with van der Waals surface area (Å²) in [5, 5.41) is 9.79. The van der Waals surface area contributed by atoms with E-state index < -0.39 is 0 Å². The summed E-state index contributed by atoms with van der Waals surface area (Å²) < 4.78 is 12.2. The number of Topliss-reactive ketones (excluding diaryl/α,β-unsaturated/α-hetero) is 1. The van der Waals surface area contributed by atoms with Crippen molar-refractivity contribution in [2.75, 3.05) is 7.11 Å². The van der Waals surface area contributed by atoms with Crippen LogP contribution in [0.2, 0.25) is 0 Å². The van der Waals surface area contributed by atoms with E-state index in [9.17, 15) is 9.90 Å². The molecule has 0 heterocycles. The first-order chi connectivity index (χ1) is 10.4. The van der Waals surface area contributed by atoms with Gasteiger partial charge in [0.25, 0.3) is 0 Å². The Morgan fingerprint density at radius 2 is 1.82 bits per heavy atom. The van der Waals surface area contributed by atoms with E-state index in [-0.39, 0.29) is 11.5 Å². The van der Waals surface area contributed by atoms with Crippen LogP contribution in [-0.2, 0) is 11.2 Å². The van der Waals surface area contributed by atoms with E-state index in [2.05, 4.69) is 31.9 Å². The number of methoxy groups -OCH3 is 1. The summed E-state index contributed by atoms with van der Waals surface area (Å²) in [7, 11) is 1.48. The third kappa shape index (κ3) is 4.01. The molecule has 0 bridgehead atoms. The third-order valence-corrected chi connectivity index (χ3v) is 4.06. The molecule has 0 unspecified atom stereocenters. The molecule has 0 aliphatic heterocycles. The van der Waals surface area contributed by atoms with Crippen molar-refractivity contribution in [1.82, 2.24) is 0 Å². The summed E-state index contributed by atoms with van der Waals surface area (Å²) in [6, 6.07) is 8.47. The largest absolute Gasteiger partial charge is 0.504 e. The van der Waals surface area contributed by atoms with Gasteiger partial charge >= 0.3 is 0 Å². The van der Waals surface area contributed by atoms with Crippen LogP contribution in [0, 0.1) is 0 Å². The molecular formula is C16H14Br2O4. The lowest BCUT2D eigenvalue weighted by molar-refractivity contribution is -0.116. The average Bonchev–Trinajstić information content (AvgIpc) is 2.42. The van der Waals surface area contributed by atoms with Crippen LogP contribution >= 0.6 is 31.9 Å². The Bertz CT molecular complexity index is 690. The van der Waals surface area contributed by atoms with Crippen molar-refractivity contribution < 1.29 is 19.4 Å². The number of hydrogen-bond acceptors (Lipinski definition) is 4. The molecule has 116 valence electrons. The van der Waals surface area contributed by atoms with Crippen molar-refractivity contribution in [2.45, 2.75) is 13.3 Å². The highest BCUT2D eigenvalue weighted by Crippen LogP contribution is 2.39. The predicted octanol–water partition coefficient (Wildman–Crippen LogP) is 4.85. The average molecular weight is 430 g/mol. The fraction of sp³-hybridized carbons (Fsp3) is 0.188. The highest BCUT2D eigenvalue weighted by molar-refractivity contribution is 9.11. The zero-order chi connectivity index (χ0) is 16.3. The van der Waals surface area contributed by atoms with E-state index >= 15 is 0 Å². The van der Waals surface area contributed by atoms with Gasteiger partial charge in [0.2, 0.25) is 0 Å². The zero-order valence-corrected chi connectivity index (χ0v) is 15.2. The molecule has 0 fully saturated rings. The van der Waals surface area contributed by atoms with E-state index in [0.717, 1.165) is 5.56 Å². The van der Waals surface area contributed by atoms with E-state index in [4.69, 9.17) is 9.47 Å². The number of ketones is 1. The molecule has 0 radical (unpaired) electrons. The second-order valence-corrected chi connectivity index (χ2v) is 6.41. The first-order valence-electron chi connectivity index (χ1n) is 6.43. The maximum atomic E-state index is 11.2. The van der Waals surface area contributed by atoms with Gasteiger partial charge in [-0.25, -0.2) is 0 Å². The molecule has 1 N–H and O–H groups in total. The number of aromatic hydroxyl groups is 1. The van der Waals surface area contributed by atoms with Gasteiger partial charge in [0.05, 0.1) is 16.1 Å². The predicted molar refractivity (Wildman–Crippen MR) is 91.0 cm³/mol. The molecule has 0 amide bonds. The summed E-state index contributed by atoms with van der Waals surface area (Å²) >= 11 is 6.88. The molecule has 0 aromatic heterocycles. The first-order valence-corrected chi connectivity index (χ1v) is 8.01. The molecular weight excluding hydrogens is 416 g/mol. The summed E-state index contributed by atoms with van der Waals surface area (Å²) in [5.41, 5.74) is 0.885. The van der Waals surface area contributed by atoms with Crippen molar-refractivity contribution in [2.24, 2.45) is 0 Å². The van der Waals surface area contributed by atoms with E-state index in [1.54, 1.807) is 19.1 Å². The number of rotatable bonds is 5. The van der Waals surface area contributed by atoms with Crippen LogP contribution in [0.25, 0.3) is 0 Å². The summed E-state index contributed by atoms with van der Waals surface area (Å²) in [5.74, 6) is 1.51. The van der Waals surface area contributed by atoms with Gasteiger partial charge in [-0.2, -0.15) is 0 Å². The Morgan fingerprint density at radius 3 is 2.32 bits per heavy atom. The van der Waals surface area contributed by atoms with Crippen LogP contribution in [-0.4, -0.2) is 18.0 Å². The molecule has 0 saturated heterocycles. The molecule has 2 rings (SSSR count). The first kappa shape index (κ1) is 16.8. The molecule has 0 spiro atoms. The van der Waals surface area contributed by atoms with Gasteiger partial charge in [-0.05, 0) is 68.6 Å². The summed E-state index contributed by atoms with van der Waals surface area (Å²) in [4.78, 5) is 11.2. The molecule has 2 aromatic rings. The smallest absolute Gasteiger partial charge is 0.161 e. The second-order valence-electron chi connectivity index (χ2n) is 4.70. The highest BCUT2D eigenvalue weighted by atomic mass is 79.9. The number of carbonyl (C=O) groups is 1. The molecule has 22 heavy (non-hydrogen) atoms. The Kier molecular flexibility index (Phi) is 5.47. The fourth-order valence-corrected chi connectivity index (χ4v) is 3.39. The molecule has 0 atom stereocenters. The van der Waals surface area contributed by atoms with Gasteiger partial charge in [0.1, 0.15) is 11.5 Å². The molecule has 0 aliphatic carbocycles. The van der Waals surface area contributed by atoms with Crippen LogP contribution in [0.1, 0.15) is 12.5 Å². The lowest BCUT2D eigenvalue weighted by atomic mass is 10.1. The number of hydrogen-bond donors (Lipinski definition) is 1. The van der Waals surface area contributed by atoms with E-state index in [0.29, 0.717) is 32.6 Å². The number of halogens is 2. The van der Waals surface area contributed by atoms with E-state index in [1.165, 1.54) is 13.2 Å². The molecule has 2 aromatic carbocycles. The number of ether oxygens (including phenoxy) is 2. The minimum Gasteiger partial charge on any atom is -0.504 e. The SMILES string of the molecule is COc1ccc(Oc2c(Br)cc(CC(C)=O)cc2Br)cc1O. The van der Waals surface area contributed by atoms with Gasteiger partial charge in [0.15, 0.2) is 17.2 Å². The van der Waals surface area contributed by atoms with Crippen molar-refractivity contribution in [3.63, 3.8) is 0 Å². The normalized spacial score (nSPS) is 10.4. The molecule has 4 nitrogen and oxygen atoms in total. The van der Waals surface area contributed by atoms with Gasteiger partial charge in [0, 0.05) is 12.5 Å². The van der Waals surface area contributed by atoms with Crippen LogP contribution in [0.4, 0.5) is 0 Å². The van der Waals surface area contributed by atoms with Crippen LogP contribution in [0.5, 0.6) is 23.0 Å². The summed E-state index contributed by atoms with van der Waals surface area (Å²) in [6.07, 6.45) is 0.362. The van der Waals surface area contributed by atoms with Crippen molar-refractivity contribution in [3.8, 4) is 23.0 Å². The second kappa shape index (κ2) is 7.15. The molecule has 6 heteroatoms. The van der Waals surface area contributed by atoms with Crippen molar-refractivity contribution >= 4 is 37.6 Å². The lowest BCUT2D eigenvalue weighted by Crippen LogP contribution is -1.97. The lowest BCUT2D eigenvalue weighted by Gasteiger charge is -2.12. The standard InChI is InChI=1S/C16H14Br2O4/c1-9(19)5-10-6-12(17)16(13(18)7-10)22-11-3-4-15(21-2)14(20)8-11/h3-4,6-8,20H,5H2,1-2H3. The van der Waals surface area contributed by atoms with E-state index in [1.807, 2.05) is 12.1 Å². The highest BCUT2D eigenvalue weighted by Gasteiger charge is 2.12. The van der Waals surface area contributed by atoms with Gasteiger partial charge in [-0.3, -0.25) is 4.79 Å². The Labute approximate surface area is 145 Å². The topological polar surface area (TPSA) is 55.8 Å². The van der Waals surface area contributed by atoms with Gasteiger partial charge in [-0.15, -0.1) is 0 Å². The molecule has 0 saturated carbocycles. The van der Waals surface area contributed by atoms with Gasteiger partial charge < -0.3 is 14.6 Å². The quantitative estimate of drug-likeness (QED) is 0.737. The number of phenolic OH excluding ortho intramolecular Hbond substituents is 1. The Hall–Kier alpha value is -1.53. The minimum absolute atomic E-state index is 0.000412. The number of benzene rings is 2. The summed E-state index contributed by atoms with van der Waals surface area (Å²) in [6.45, 7) is 1.55. The minimum atomic E-state index is 0.000412. The third-order valence-electron chi connectivity index (χ3n) is 2.88.